The molecule has 2 aliphatic rings. The molecule has 4 rings (SSSR count). The van der Waals surface area contributed by atoms with Crippen LogP contribution in [0.5, 0.6) is 0 Å². The van der Waals surface area contributed by atoms with E-state index in [1.165, 1.54) is 6.07 Å². The van der Waals surface area contributed by atoms with Crippen LogP contribution in [0.4, 0.5) is 13.2 Å². The van der Waals surface area contributed by atoms with E-state index in [0.717, 1.165) is 18.9 Å². The predicted octanol–water partition coefficient (Wildman–Crippen LogP) is 4.34. The Morgan fingerprint density at radius 1 is 1.28 bits per heavy atom. The number of carbonyl (C=O) groups is 1. The van der Waals surface area contributed by atoms with Gasteiger partial charge in [0.2, 0.25) is 5.91 Å². The fourth-order valence-electron chi connectivity index (χ4n) is 4.00. The third-order valence-electron chi connectivity index (χ3n) is 6.20. The van der Waals surface area contributed by atoms with Gasteiger partial charge in [0.25, 0.3) is 0 Å². The molecule has 0 spiro atoms. The van der Waals surface area contributed by atoms with Gasteiger partial charge in [-0.2, -0.15) is 0 Å². The van der Waals surface area contributed by atoms with Crippen molar-refractivity contribution in [3.8, 4) is 11.3 Å². The summed E-state index contributed by atoms with van der Waals surface area (Å²) in [5.74, 6) is -3.69. The molecule has 1 atom stereocenters. The van der Waals surface area contributed by atoms with Gasteiger partial charge in [-0.05, 0) is 50.2 Å². The van der Waals surface area contributed by atoms with Crippen LogP contribution in [0.3, 0.4) is 0 Å². The highest BCUT2D eigenvalue weighted by Gasteiger charge is 2.53. The summed E-state index contributed by atoms with van der Waals surface area (Å²) in [6.07, 6.45) is 2.58. The van der Waals surface area contributed by atoms with Crippen molar-refractivity contribution in [2.75, 3.05) is 0 Å². The first-order valence-electron chi connectivity index (χ1n) is 9.52. The first kappa shape index (κ1) is 20.2. The summed E-state index contributed by atoms with van der Waals surface area (Å²) in [6, 6.07) is 2.89. The topological polar surface area (TPSA) is 76.2 Å². The summed E-state index contributed by atoms with van der Waals surface area (Å²) in [7, 11) is 0. The average molecular weight is 425 g/mol. The molecule has 1 aromatic heterocycles. The molecule has 1 aromatic carbocycles. The minimum Gasteiger partial charge on any atom is -0.383 e. The average Bonchev–Trinajstić information content (AvgIpc) is 3.56. The minimum atomic E-state index is -1.34. The third-order valence-corrected chi connectivity index (χ3v) is 6.48. The van der Waals surface area contributed by atoms with Crippen molar-refractivity contribution in [3.05, 3.63) is 51.9 Å². The molecule has 3 N–H and O–H groups in total. The van der Waals surface area contributed by atoms with Crippen molar-refractivity contribution in [3.63, 3.8) is 0 Å². The summed E-state index contributed by atoms with van der Waals surface area (Å²) >= 11 is 5.78. The van der Waals surface area contributed by atoms with Gasteiger partial charge in [-0.1, -0.05) is 18.5 Å². The molecule has 0 bridgehead atoms. The van der Waals surface area contributed by atoms with Crippen molar-refractivity contribution in [1.82, 2.24) is 4.98 Å². The third kappa shape index (κ3) is 3.11. The van der Waals surface area contributed by atoms with Crippen molar-refractivity contribution in [2.45, 2.75) is 50.0 Å². The van der Waals surface area contributed by atoms with Gasteiger partial charge >= 0.3 is 0 Å². The van der Waals surface area contributed by atoms with Gasteiger partial charge < -0.3 is 10.8 Å². The van der Waals surface area contributed by atoms with Gasteiger partial charge in [-0.15, -0.1) is 0 Å². The number of primary amides is 1. The molecular weight excluding hydrogens is 405 g/mol. The Kier molecular flexibility index (Phi) is 4.66. The Balaban J connectivity index is 2.00. The van der Waals surface area contributed by atoms with Crippen molar-refractivity contribution in [1.29, 1.82) is 0 Å². The SMILES string of the molecule is CC[C@](O)(c1cc(C2(C(N)=O)CC2)c(F)c(-c2cc(Cl)c(F)cc2F)n1)C1CC1. The molecule has 8 heteroatoms. The number of pyridine rings is 1. The number of hydrogen-bond acceptors (Lipinski definition) is 3. The molecule has 29 heavy (non-hydrogen) atoms. The molecule has 2 saturated carbocycles. The van der Waals surface area contributed by atoms with E-state index in [9.17, 15) is 18.7 Å². The number of benzene rings is 1. The first-order chi connectivity index (χ1) is 13.6. The summed E-state index contributed by atoms with van der Waals surface area (Å²) < 4.78 is 43.6. The highest BCUT2D eigenvalue weighted by molar-refractivity contribution is 6.31. The van der Waals surface area contributed by atoms with Crippen LogP contribution < -0.4 is 5.73 Å². The van der Waals surface area contributed by atoms with E-state index in [1.807, 2.05) is 0 Å². The van der Waals surface area contributed by atoms with E-state index in [1.54, 1.807) is 6.92 Å². The Morgan fingerprint density at radius 3 is 2.45 bits per heavy atom. The van der Waals surface area contributed by atoms with Crippen LogP contribution in [0.2, 0.25) is 5.02 Å². The number of hydrogen-bond donors (Lipinski definition) is 2. The number of rotatable bonds is 6. The lowest BCUT2D eigenvalue weighted by Crippen LogP contribution is -2.33. The number of halogens is 4. The van der Waals surface area contributed by atoms with E-state index in [0.29, 0.717) is 25.3 Å². The van der Waals surface area contributed by atoms with Crippen LogP contribution in [0.25, 0.3) is 11.3 Å². The second kappa shape index (κ2) is 6.71. The van der Waals surface area contributed by atoms with E-state index in [4.69, 9.17) is 17.3 Å². The molecule has 2 fully saturated rings. The lowest BCUT2D eigenvalue weighted by atomic mass is 9.85. The Morgan fingerprint density at radius 2 is 1.93 bits per heavy atom. The fourth-order valence-corrected chi connectivity index (χ4v) is 4.16. The van der Waals surface area contributed by atoms with Crippen LogP contribution in [-0.4, -0.2) is 16.0 Å². The Labute approximate surface area is 170 Å². The maximum absolute atomic E-state index is 15.5. The molecule has 154 valence electrons. The van der Waals surface area contributed by atoms with Crippen LogP contribution in [0, 0.1) is 23.4 Å². The van der Waals surface area contributed by atoms with E-state index >= 15 is 4.39 Å². The molecule has 0 aliphatic heterocycles. The zero-order chi connectivity index (χ0) is 21.1. The summed E-state index contributed by atoms with van der Waals surface area (Å²) in [6.45, 7) is 1.78. The molecule has 2 aromatic rings. The number of carbonyl (C=O) groups excluding carboxylic acids is 1. The van der Waals surface area contributed by atoms with Crippen molar-refractivity contribution < 1.29 is 23.1 Å². The van der Waals surface area contributed by atoms with Crippen LogP contribution >= 0.6 is 11.6 Å². The van der Waals surface area contributed by atoms with Gasteiger partial charge in [-0.3, -0.25) is 4.79 Å². The molecule has 2 aliphatic carbocycles. The standard InChI is InChI=1S/C21H20ClF3N2O2/c1-2-21(29,10-3-4-10)16-8-12(20(5-6-20)19(26)28)17(25)18(27-16)11-7-13(22)15(24)9-14(11)23/h7-10,29H,2-6H2,1H3,(H2,26,28)/t21-/m1/s1. The van der Waals surface area contributed by atoms with Crippen LogP contribution in [0.15, 0.2) is 18.2 Å². The lowest BCUT2D eigenvalue weighted by molar-refractivity contribution is -0.120. The van der Waals surface area contributed by atoms with E-state index in [-0.39, 0.29) is 22.7 Å². The van der Waals surface area contributed by atoms with Gasteiger partial charge in [0.15, 0.2) is 5.82 Å². The number of aliphatic hydroxyl groups is 1. The zero-order valence-corrected chi connectivity index (χ0v) is 16.5. The predicted molar refractivity (Wildman–Crippen MR) is 102 cm³/mol. The maximum Gasteiger partial charge on any atom is 0.228 e. The molecule has 1 amide bonds. The summed E-state index contributed by atoms with van der Waals surface area (Å²) in [5.41, 5.74) is 2.35. The Bertz CT molecular complexity index is 1020. The summed E-state index contributed by atoms with van der Waals surface area (Å²) in [4.78, 5) is 16.3. The number of aromatic nitrogens is 1. The molecule has 4 nitrogen and oxygen atoms in total. The quantitative estimate of drug-likeness (QED) is 0.677. The normalized spacial score (nSPS) is 19.7. The smallest absolute Gasteiger partial charge is 0.228 e. The second-order valence-corrected chi connectivity index (χ2v) is 8.37. The van der Waals surface area contributed by atoms with Crippen molar-refractivity contribution in [2.24, 2.45) is 11.7 Å². The monoisotopic (exact) mass is 424 g/mol. The van der Waals surface area contributed by atoms with Crippen LogP contribution in [0.1, 0.15) is 50.3 Å². The van der Waals surface area contributed by atoms with Crippen LogP contribution in [-0.2, 0) is 15.8 Å². The van der Waals surface area contributed by atoms with Gasteiger partial charge in [0.05, 0.1) is 16.1 Å². The fraction of sp³-hybridized carbons (Fsp3) is 0.429. The molecular formula is C21H20ClF3N2O2. The second-order valence-electron chi connectivity index (χ2n) is 7.96. The molecule has 0 unspecified atom stereocenters. The van der Waals surface area contributed by atoms with Gasteiger partial charge in [0, 0.05) is 17.2 Å². The van der Waals surface area contributed by atoms with Crippen molar-refractivity contribution >= 4 is 17.5 Å². The molecule has 0 radical (unpaired) electrons. The Hall–Kier alpha value is -2.12. The maximum atomic E-state index is 15.5. The summed E-state index contributed by atoms with van der Waals surface area (Å²) in [5, 5.41) is 10.8. The number of nitrogens with two attached hydrogens (primary N) is 1. The lowest BCUT2D eigenvalue weighted by Gasteiger charge is -2.28. The van der Waals surface area contributed by atoms with Gasteiger partial charge in [0.1, 0.15) is 22.9 Å². The first-order valence-corrected chi connectivity index (χ1v) is 9.90. The highest BCUT2D eigenvalue weighted by Crippen LogP contribution is 2.53. The van der Waals surface area contributed by atoms with Gasteiger partial charge in [-0.25, -0.2) is 18.2 Å². The largest absolute Gasteiger partial charge is 0.383 e. The highest BCUT2D eigenvalue weighted by atomic mass is 35.5. The minimum absolute atomic E-state index is 0.0163. The number of amides is 1. The van der Waals surface area contributed by atoms with E-state index in [2.05, 4.69) is 4.98 Å². The molecule has 1 heterocycles. The zero-order valence-electron chi connectivity index (χ0n) is 15.7. The van der Waals surface area contributed by atoms with E-state index < -0.39 is 45.1 Å². The molecule has 0 saturated heterocycles. The number of nitrogens with zero attached hydrogens (tertiary/aromatic N) is 1.